The minimum absolute atomic E-state index is 0.0953. The largest absolute Gasteiger partial charge is 0.354 e. The van der Waals surface area contributed by atoms with Crippen LogP contribution >= 0.6 is 0 Å². The zero-order valence-corrected chi connectivity index (χ0v) is 17.0. The molecule has 3 amide bonds. The Hall–Kier alpha value is -2.82. The van der Waals surface area contributed by atoms with E-state index in [1.165, 1.54) is 0 Å². The van der Waals surface area contributed by atoms with Crippen LogP contribution in [0, 0.1) is 0 Å². The summed E-state index contributed by atoms with van der Waals surface area (Å²) in [6.07, 6.45) is 1.49. The zero-order chi connectivity index (χ0) is 20.4. The molecule has 5 nitrogen and oxygen atoms in total. The molecule has 28 heavy (non-hydrogen) atoms. The number of amides is 3. The Morgan fingerprint density at radius 2 is 1.57 bits per heavy atom. The molecule has 2 N–H and O–H groups in total. The van der Waals surface area contributed by atoms with Gasteiger partial charge < -0.3 is 15.5 Å². The van der Waals surface area contributed by atoms with E-state index in [0.717, 1.165) is 17.5 Å². The summed E-state index contributed by atoms with van der Waals surface area (Å²) in [4.78, 5) is 27.1. The average Bonchev–Trinajstić information content (AvgIpc) is 3.04. The first-order valence-corrected chi connectivity index (χ1v) is 10.1. The summed E-state index contributed by atoms with van der Waals surface area (Å²) >= 11 is 0. The van der Waals surface area contributed by atoms with E-state index in [1.54, 1.807) is 4.90 Å². The first-order valence-electron chi connectivity index (χ1n) is 10.1. The fourth-order valence-corrected chi connectivity index (χ4v) is 3.32. The Morgan fingerprint density at radius 3 is 2.14 bits per heavy atom. The standard InChI is InChI=1S/C21H25N3O2.C2H6/c1-2-13-22-20(25)19-18(14-16-9-5-3-6-10-16)23-21(26)24(19)15-17-11-7-4-8-12-17;1-2/h3-12,18-19H,2,13-15H2,1H3,(H,22,25)(H,23,26);1-2H3. The van der Waals surface area contributed by atoms with Crippen molar-refractivity contribution >= 4 is 11.9 Å². The van der Waals surface area contributed by atoms with Crippen LogP contribution in [0.15, 0.2) is 60.7 Å². The number of urea groups is 1. The maximum atomic E-state index is 12.8. The first-order chi connectivity index (χ1) is 13.7. The predicted molar refractivity (Wildman–Crippen MR) is 113 cm³/mol. The van der Waals surface area contributed by atoms with Gasteiger partial charge in [-0.25, -0.2) is 4.79 Å². The van der Waals surface area contributed by atoms with Crippen LogP contribution in [0.1, 0.15) is 38.3 Å². The van der Waals surface area contributed by atoms with Crippen LogP contribution in [-0.2, 0) is 17.8 Å². The fourth-order valence-electron chi connectivity index (χ4n) is 3.32. The maximum Gasteiger partial charge on any atom is 0.318 e. The van der Waals surface area contributed by atoms with Crippen molar-refractivity contribution in [1.29, 1.82) is 0 Å². The monoisotopic (exact) mass is 381 g/mol. The molecule has 0 spiro atoms. The van der Waals surface area contributed by atoms with Gasteiger partial charge in [0.1, 0.15) is 6.04 Å². The van der Waals surface area contributed by atoms with Gasteiger partial charge in [-0.3, -0.25) is 4.79 Å². The Balaban J connectivity index is 0.00000136. The third-order valence-electron chi connectivity index (χ3n) is 4.60. The molecule has 2 aromatic rings. The van der Waals surface area contributed by atoms with E-state index >= 15 is 0 Å². The lowest BCUT2D eigenvalue weighted by molar-refractivity contribution is -0.125. The summed E-state index contributed by atoms with van der Waals surface area (Å²) < 4.78 is 0. The maximum absolute atomic E-state index is 12.8. The number of benzene rings is 2. The van der Waals surface area contributed by atoms with E-state index in [9.17, 15) is 9.59 Å². The summed E-state index contributed by atoms with van der Waals surface area (Å²) in [6.45, 7) is 7.05. The molecule has 0 aromatic heterocycles. The molecule has 0 aliphatic carbocycles. The van der Waals surface area contributed by atoms with Gasteiger partial charge >= 0.3 is 6.03 Å². The Labute approximate surface area is 168 Å². The second-order valence-electron chi connectivity index (χ2n) is 6.60. The lowest BCUT2D eigenvalue weighted by Crippen LogP contribution is -2.49. The number of rotatable bonds is 7. The van der Waals surface area contributed by atoms with Crippen LogP contribution in [0.4, 0.5) is 4.79 Å². The minimum atomic E-state index is -0.519. The molecule has 150 valence electrons. The van der Waals surface area contributed by atoms with Crippen molar-refractivity contribution in [3.8, 4) is 0 Å². The van der Waals surface area contributed by atoms with E-state index in [1.807, 2.05) is 81.4 Å². The number of hydrogen-bond acceptors (Lipinski definition) is 2. The number of carbonyl (C=O) groups is 2. The highest BCUT2D eigenvalue weighted by molar-refractivity contribution is 5.91. The highest BCUT2D eigenvalue weighted by Gasteiger charge is 2.43. The Bertz CT molecular complexity index is 734. The fraction of sp³-hybridized carbons (Fsp3) is 0.391. The highest BCUT2D eigenvalue weighted by Crippen LogP contribution is 2.21. The molecule has 2 atom stereocenters. The molecule has 0 bridgehead atoms. The van der Waals surface area contributed by atoms with Crippen molar-refractivity contribution in [1.82, 2.24) is 15.5 Å². The van der Waals surface area contributed by atoms with E-state index in [2.05, 4.69) is 10.6 Å². The normalized spacial score (nSPS) is 18.1. The zero-order valence-electron chi connectivity index (χ0n) is 17.0. The van der Waals surface area contributed by atoms with E-state index < -0.39 is 6.04 Å². The third-order valence-corrected chi connectivity index (χ3v) is 4.60. The van der Waals surface area contributed by atoms with Crippen molar-refractivity contribution < 1.29 is 9.59 Å². The van der Waals surface area contributed by atoms with Crippen molar-refractivity contribution in [2.45, 2.75) is 52.2 Å². The van der Waals surface area contributed by atoms with Crippen molar-refractivity contribution in [2.75, 3.05) is 6.54 Å². The quantitative estimate of drug-likeness (QED) is 0.767. The van der Waals surface area contributed by atoms with Gasteiger partial charge in [0.15, 0.2) is 0 Å². The number of hydrogen-bond donors (Lipinski definition) is 2. The van der Waals surface area contributed by atoms with Gasteiger partial charge in [0.25, 0.3) is 0 Å². The molecule has 1 fully saturated rings. The van der Waals surface area contributed by atoms with Gasteiger partial charge in [-0.15, -0.1) is 0 Å². The number of nitrogens with one attached hydrogen (secondary N) is 2. The smallest absolute Gasteiger partial charge is 0.318 e. The first kappa shape index (κ1) is 21.5. The second-order valence-corrected chi connectivity index (χ2v) is 6.60. The van der Waals surface area contributed by atoms with E-state index in [4.69, 9.17) is 0 Å². The van der Waals surface area contributed by atoms with E-state index in [-0.39, 0.29) is 18.0 Å². The van der Waals surface area contributed by atoms with Gasteiger partial charge in [-0.05, 0) is 24.0 Å². The molecule has 1 aliphatic rings. The lowest BCUT2D eigenvalue weighted by atomic mass is 9.99. The molecular weight excluding hydrogens is 350 g/mol. The molecule has 1 heterocycles. The van der Waals surface area contributed by atoms with Crippen LogP contribution in [0.25, 0.3) is 0 Å². The summed E-state index contributed by atoms with van der Waals surface area (Å²) in [5.74, 6) is -0.0953. The van der Waals surface area contributed by atoms with E-state index in [0.29, 0.717) is 19.5 Å². The van der Waals surface area contributed by atoms with Crippen LogP contribution in [0.5, 0.6) is 0 Å². The van der Waals surface area contributed by atoms with Crippen molar-refractivity contribution in [3.63, 3.8) is 0 Å². The number of nitrogens with zero attached hydrogens (tertiary/aromatic N) is 1. The topological polar surface area (TPSA) is 61.4 Å². The molecule has 0 saturated carbocycles. The van der Waals surface area contributed by atoms with Crippen LogP contribution in [0.3, 0.4) is 0 Å². The summed E-state index contributed by atoms with van der Waals surface area (Å²) in [7, 11) is 0. The van der Waals surface area contributed by atoms with Gasteiger partial charge in [-0.1, -0.05) is 81.4 Å². The Kier molecular flexibility index (Phi) is 8.53. The van der Waals surface area contributed by atoms with Crippen LogP contribution < -0.4 is 10.6 Å². The van der Waals surface area contributed by atoms with Crippen LogP contribution in [-0.4, -0.2) is 35.5 Å². The summed E-state index contributed by atoms with van der Waals surface area (Å²) in [5.41, 5.74) is 2.11. The minimum Gasteiger partial charge on any atom is -0.354 e. The molecule has 2 unspecified atom stereocenters. The SMILES string of the molecule is CC.CCCNC(=O)C1C(Cc2ccccc2)NC(=O)N1Cc1ccccc1. The van der Waals surface area contributed by atoms with Gasteiger partial charge in [0.2, 0.25) is 5.91 Å². The second kappa shape index (κ2) is 11.1. The average molecular weight is 382 g/mol. The molecule has 1 aliphatic heterocycles. The molecule has 5 heteroatoms. The van der Waals surface area contributed by atoms with Gasteiger partial charge in [-0.2, -0.15) is 0 Å². The lowest BCUT2D eigenvalue weighted by Gasteiger charge is -2.26. The van der Waals surface area contributed by atoms with Crippen molar-refractivity contribution in [3.05, 3.63) is 71.8 Å². The number of carbonyl (C=O) groups excluding carboxylic acids is 2. The highest BCUT2D eigenvalue weighted by atomic mass is 16.2. The van der Waals surface area contributed by atoms with Gasteiger partial charge in [0.05, 0.1) is 6.04 Å². The van der Waals surface area contributed by atoms with Crippen LogP contribution in [0.2, 0.25) is 0 Å². The summed E-state index contributed by atoms with van der Waals surface area (Å²) in [5, 5.41) is 5.96. The molecule has 2 aromatic carbocycles. The summed E-state index contributed by atoms with van der Waals surface area (Å²) in [6, 6.07) is 18.8. The molecule has 3 rings (SSSR count). The van der Waals surface area contributed by atoms with Crippen molar-refractivity contribution in [2.24, 2.45) is 0 Å². The molecule has 1 saturated heterocycles. The third kappa shape index (κ3) is 5.59. The molecular formula is C23H31N3O2. The molecule has 0 radical (unpaired) electrons. The predicted octanol–water partition coefficient (Wildman–Crippen LogP) is 3.74. The Morgan fingerprint density at radius 1 is 1.00 bits per heavy atom. The van der Waals surface area contributed by atoms with Gasteiger partial charge in [0, 0.05) is 13.1 Å².